The van der Waals surface area contributed by atoms with Crippen molar-refractivity contribution in [1.29, 1.82) is 0 Å². The standard InChI is InChI=1S/C22H30N4O4S2/c1-15-8-6-7-13-26(15)32(28,29)19-14-17(11-12-18(19)30-2)20(27)23-22-25-24-21(31-22)16-9-4-3-5-10-16/h11-12,14-16H,3-10,13H2,1-2H3,(H,23,25,27)/t15-/m0/s1. The molecule has 1 saturated heterocycles. The third kappa shape index (κ3) is 4.82. The highest BCUT2D eigenvalue weighted by atomic mass is 32.2. The third-order valence-electron chi connectivity index (χ3n) is 6.37. The quantitative estimate of drug-likeness (QED) is 0.660. The van der Waals surface area contributed by atoms with Crippen LogP contribution in [0.25, 0.3) is 0 Å². The molecule has 2 fully saturated rings. The van der Waals surface area contributed by atoms with Gasteiger partial charge in [0.05, 0.1) is 7.11 Å². The average molecular weight is 479 g/mol. The van der Waals surface area contributed by atoms with Crippen LogP contribution in [0.3, 0.4) is 0 Å². The van der Waals surface area contributed by atoms with E-state index in [0.29, 0.717) is 17.6 Å². The largest absolute Gasteiger partial charge is 0.495 e. The van der Waals surface area contributed by atoms with Crippen LogP contribution in [0.15, 0.2) is 23.1 Å². The van der Waals surface area contributed by atoms with Gasteiger partial charge in [0, 0.05) is 24.1 Å². The molecule has 2 aromatic rings. The second-order valence-corrected chi connectivity index (χ2v) is 11.4. The Balaban J connectivity index is 1.55. The number of nitrogens with zero attached hydrogens (tertiary/aromatic N) is 3. The summed E-state index contributed by atoms with van der Waals surface area (Å²) in [4.78, 5) is 12.9. The second kappa shape index (κ2) is 9.84. The number of aromatic nitrogens is 2. The second-order valence-electron chi connectivity index (χ2n) is 8.56. The summed E-state index contributed by atoms with van der Waals surface area (Å²) in [5, 5.41) is 12.6. The number of piperidine rings is 1. The summed E-state index contributed by atoms with van der Waals surface area (Å²) in [7, 11) is -2.36. The van der Waals surface area contributed by atoms with E-state index in [9.17, 15) is 13.2 Å². The van der Waals surface area contributed by atoms with Gasteiger partial charge in [-0.15, -0.1) is 10.2 Å². The lowest BCUT2D eigenvalue weighted by atomic mass is 9.90. The zero-order valence-electron chi connectivity index (χ0n) is 18.5. The number of hydrogen-bond donors (Lipinski definition) is 1. The van der Waals surface area contributed by atoms with Crippen molar-refractivity contribution in [3.8, 4) is 5.75 Å². The molecule has 1 amide bonds. The van der Waals surface area contributed by atoms with E-state index in [1.165, 1.54) is 54.1 Å². The molecule has 1 aliphatic heterocycles. The van der Waals surface area contributed by atoms with Crippen LogP contribution in [0, 0.1) is 0 Å². The minimum absolute atomic E-state index is 0.0153. The average Bonchev–Trinajstić information content (AvgIpc) is 3.28. The van der Waals surface area contributed by atoms with Gasteiger partial charge in [0.2, 0.25) is 15.2 Å². The molecule has 174 valence electrons. The molecule has 8 nitrogen and oxygen atoms in total. The summed E-state index contributed by atoms with van der Waals surface area (Å²) in [6.07, 6.45) is 8.54. The molecular formula is C22H30N4O4S2. The van der Waals surface area contributed by atoms with Crippen molar-refractivity contribution >= 4 is 32.4 Å². The van der Waals surface area contributed by atoms with Crippen molar-refractivity contribution in [1.82, 2.24) is 14.5 Å². The number of nitrogens with one attached hydrogen (secondary N) is 1. The van der Waals surface area contributed by atoms with Gasteiger partial charge < -0.3 is 4.74 Å². The molecule has 1 aromatic heterocycles. The van der Waals surface area contributed by atoms with Crippen LogP contribution in [0.4, 0.5) is 5.13 Å². The Morgan fingerprint density at radius 1 is 1.12 bits per heavy atom. The van der Waals surface area contributed by atoms with Crippen molar-refractivity contribution in [3.63, 3.8) is 0 Å². The van der Waals surface area contributed by atoms with Crippen molar-refractivity contribution < 1.29 is 17.9 Å². The first kappa shape index (κ1) is 23.1. The maximum absolute atomic E-state index is 13.4. The molecule has 1 N–H and O–H groups in total. The van der Waals surface area contributed by atoms with Gasteiger partial charge in [-0.1, -0.05) is 37.0 Å². The number of anilines is 1. The number of sulfonamides is 1. The zero-order chi connectivity index (χ0) is 22.7. The summed E-state index contributed by atoms with van der Waals surface area (Å²) in [5.41, 5.74) is 0.239. The highest BCUT2D eigenvalue weighted by Crippen LogP contribution is 2.36. The number of carbonyl (C=O) groups excluding carboxylic acids is 1. The number of methoxy groups -OCH3 is 1. The molecule has 0 radical (unpaired) electrons. The fourth-order valence-electron chi connectivity index (χ4n) is 4.54. The van der Waals surface area contributed by atoms with Crippen LogP contribution in [0.5, 0.6) is 5.75 Å². The first-order chi connectivity index (χ1) is 15.4. The van der Waals surface area contributed by atoms with Gasteiger partial charge in [0.1, 0.15) is 15.7 Å². The number of benzene rings is 1. The number of carbonyl (C=O) groups is 1. The van der Waals surface area contributed by atoms with Crippen LogP contribution < -0.4 is 10.1 Å². The highest BCUT2D eigenvalue weighted by molar-refractivity contribution is 7.89. The predicted molar refractivity (Wildman–Crippen MR) is 124 cm³/mol. The normalized spacial score (nSPS) is 20.8. The first-order valence-corrected chi connectivity index (χ1v) is 13.5. The zero-order valence-corrected chi connectivity index (χ0v) is 20.2. The van der Waals surface area contributed by atoms with Gasteiger partial charge in [0.15, 0.2) is 0 Å². The Kier molecular flexibility index (Phi) is 7.11. The Hall–Kier alpha value is -2.04. The molecule has 2 heterocycles. The van der Waals surface area contributed by atoms with Gasteiger partial charge in [0.25, 0.3) is 5.91 Å². The molecule has 32 heavy (non-hydrogen) atoms. The molecule has 0 bridgehead atoms. The van der Waals surface area contributed by atoms with E-state index >= 15 is 0 Å². The summed E-state index contributed by atoms with van der Waals surface area (Å²) >= 11 is 1.40. The topological polar surface area (TPSA) is 101 Å². The van der Waals surface area contributed by atoms with E-state index in [2.05, 4.69) is 15.5 Å². The lowest BCUT2D eigenvalue weighted by Gasteiger charge is -2.32. The van der Waals surface area contributed by atoms with Crippen LogP contribution in [0.2, 0.25) is 0 Å². The van der Waals surface area contributed by atoms with Crippen molar-refractivity contribution in [2.45, 2.75) is 75.1 Å². The van der Waals surface area contributed by atoms with Crippen LogP contribution in [-0.4, -0.2) is 48.5 Å². The first-order valence-electron chi connectivity index (χ1n) is 11.2. The molecule has 1 aliphatic carbocycles. The summed E-state index contributed by atoms with van der Waals surface area (Å²) in [6, 6.07) is 4.41. The summed E-state index contributed by atoms with van der Waals surface area (Å²) in [6.45, 7) is 2.39. The molecule has 0 spiro atoms. The number of amides is 1. The van der Waals surface area contributed by atoms with Crippen LogP contribution in [-0.2, 0) is 10.0 Å². The summed E-state index contributed by atoms with van der Waals surface area (Å²) < 4.78 is 33.6. The molecule has 1 saturated carbocycles. The van der Waals surface area contributed by atoms with E-state index in [4.69, 9.17) is 4.74 Å². The van der Waals surface area contributed by atoms with Gasteiger partial charge in [-0.05, 0) is 50.8 Å². The van der Waals surface area contributed by atoms with Gasteiger partial charge in [-0.3, -0.25) is 10.1 Å². The lowest BCUT2D eigenvalue weighted by molar-refractivity contribution is 0.102. The maximum atomic E-state index is 13.4. The Morgan fingerprint density at radius 3 is 2.59 bits per heavy atom. The smallest absolute Gasteiger partial charge is 0.257 e. The van der Waals surface area contributed by atoms with E-state index in [0.717, 1.165) is 37.1 Å². The SMILES string of the molecule is COc1ccc(C(=O)Nc2nnc(C3CCCCC3)s2)cc1S(=O)(=O)N1CCCC[C@@H]1C. The fourth-order valence-corrected chi connectivity index (χ4v) is 7.33. The number of hydrogen-bond acceptors (Lipinski definition) is 7. The van der Waals surface area contributed by atoms with E-state index < -0.39 is 15.9 Å². The van der Waals surface area contributed by atoms with Gasteiger partial charge in [-0.2, -0.15) is 4.31 Å². The highest BCUT2D eigenvalue weighted by Gasteiger charge is 2.33. The Morgan fingerprint density at radius 2 is 1.88 bits per heavy atom. The lowest BCUT2D eigenvalue weighted by Crippen LogP contribution is -2.42. The summed E-state index contributed by atoms with van der Waals surface area (Å²) in [5.74, 6) is 0.230. The van der Waals surface area contributed by atoms with E-state index in [-0.39, 0.29) is 22.3 Å². The minimum atomic E-state index is -3.79. The molecular weight excluding hydrogens is 448 g/mol. The van der Waals surface area contributed by atoms with Crippen LogP contribution >= 0.6 is 11.3 Å². The van der Waals surface area contributed by atoms with Crippen LogP contribution in [0.1, 0.15) is 79.6 Å². The fraction of sp³-hybridized carbons (Fsp3) is 0.591. The van der Waals surface area contributed by atoms with Crippen molar-refractivity contribution in [3.05, 3.63) is 28.8 Å². The molecule has 4 rings (SSSR count). The van der Waals surface area contributed by atoms with Crippen molar-refractivity contribution in [2.75, 3.05) is 19.0 Å². The molecule has 0 unspecified atom stereocenters. The van der Waals surface area contributed by atoms with E-state index in [1.54, 1.807) is 6.07 Å². The van der Waals surface area contributed by atoms with Gasteiger partial charge >= 0.3 is 0 Å². The molecule has 1 atom stereocenters. The molecule has 1 aromatic carbocycles. The Bertz CT molecular complexity index is 1060. The number of ether oxygens (including phenoxy) is 1. The molecule has 2 aliphatic rings. The third-order valence-corrected chi connectivity index (χ3v) is 9.41. The maximum Gasteiger partial charge on any atom is 0.257 e. The van der Waals surface area contributed by atoms with E-state index in [1.807, 2.05) is 6.92 Å². The minimum Gasteiger partial charge on any atom is -0.495 e. The monoisotopic (exact) mass is 478 g/mol. The van der Waals surface area contributed by atoms with Gasteiger partial charge in [-0.25, -0.2) is 8.42 Å². The Labute approximate surface area is 193 Å². The van der Waals surface area contributed by atoms with Crippen molar-refractivity contribution in [2.24, 2.45) is 0 Å². The predicted octanol–water partition coefficient (Wildman–Crippen LogP) is 4.41. The molecule has 10 heteroatoms. The number of rotatable bonds is 6.